The maximum Gasteiger partial charge on any atom is 0.206 e. The summed E-state index contributed by atoms with van der Waals surface area (Å²) in [6, 6.07) is 37.9. The molecular weight excluding hydrogens is 877 g/mol. The molecule has 360 valence electrons. The van der Waals surface area contributed by atoms with Gasteiger partial charge in [-0.25, -0.2) is 8.42 Å². The van der Waals surface area contributed by atoms with Crippen LogP contribution in [0.2, 0.25) is 0 Å². The first-order chi connectivity index (χ1) is 32.7. The second-order valence-corrected chi connectivity index (χ2v) is 23.2. The highest BCUT2D eigenvalue weighted by atomic mass is 32.2. The summed E-state index contributed by atoms with van der Waals surface area (Å²) in [6.45, 7) is 21.8. The zero-order chi connectivity index (χ0) is 49.5. The summed E-state index contributed by atoms with van der Waals surface area (Å²) in [5.74, 6) is 0.136. The Morgan fingerprint density at radius 3 is 1.17 bits per heavy atom. The van der Waals surface area contributed by atoms with Gasteiger partial charge in [0.25, 0.3) is 0 Å². The number of aromatic nitrogens is 6. The summed E-state index contributed by atoms with van der Waals surface area (Å²) in [7, 11) is -4.09. The van der Waals surface area contributed by atoms with Crippen molar-refractivity contribution in [3.8, 4) is 22.9 Å². The van der Waals surface area contributed by atoms with Gasteiger partial charge < -0.3 is 10.2 Å². The van der Waals surface area contributed by atoms with Crippen molar-refractivity contribution >= 4 is 31.9 Å². The van der Waals surface area contributed by atoms with Crippen LogP contribution in [0.25, 0.3) is 33.4 Å². The van der Waals surface area contributed by atoms with Crippen molar-refractivity contribution in [2.45, 2.75) is 152 Å². The highest BCUT2D eigenvalue weighted by Gasteiger charge is 2.34. The van der Waals surface area contributed by atoms with Gasteiger partial charge in [-0.3, -0.25) is 0 Å². The van der Waals surface area contributed by atoms with Gasteiger partial charge in [0, 0.05) is 22.0 Å². The molecule has 10 nitrogen and oxygen atoms in total. The van der Waals surface area contributed by atoms with E-state index in [1.54, 1.807) is 12.1 Å². The molecule has 0 spiro atoms. The molecule has 0 aliphatic rings. The fourth-order valence-corrected chi connectivity index (χ4v) is 11.0. The molecule has 6 aromatic carbocycles. The van der Waals surface area contributed by atoms with Crippen LogP contribution in [0.3, 0.4) is 0 Å². The first-order valence-corrected chi connectivity index (χ1v) is 26.0. The van der Waals surface area contributed by atoms with Crippen LogP contribution in [0, 0.1) is 0 Å². The molecule has 0 fully saturated rings. The van der Waals surface area contributed by atoms with Crippen molar-refractivity contribution in [3.05, 3.63) is 155 Å². The molecule has 0 aliphatic carbocycles. The Morgan fingerprint density at radius 2 is 0.812 bits per heavy atom. The maximum atomic E-state index is 14.5. The standard InChI is InChI=1S/C58H68N6O4S/c1-11-13-21-31-55(3,4)41-33-45(57(7,8)39-23-17-15-18-24-39)53(65)51(35-41)63-59-47-29-27-43(37-49(47)61-63)69(67,68)44-28-30-48-50(38-44)62-64(60-48)52-36-42(56(5,6)32-22-14-12-2)34-46(54(52)66)58(9,10)40-25-19-16-20-26-40/h15-20,23-30,33-38,65-66H,11-14,21-22,31-32H2,1-10H3. The van der Waals surface area contributed by atoms with E-state index in [4.69, 9.17) is 20.4 Å². The summed E-state index contributed by atoms with van der Waals surface area (Å²) < 4.78 is 29.0. The molecule has 0 saturated carbocycles. The Bertz CT molecular complexity index is 3030. The van der Waals surface area contributed by atoms with Gasteiger partial charge in [-0.1, -0.05) is 181 Å². The Morgan fingerprint density at radius 1 is 0.449 bits per heavy atom. The molecule has 0 radical (unpaired) electrons. The molecule has 69 heavy (non-hydrogen) atoms. The number of phenols is 2. The SMILES string of the molecule is CCCCCC(C)(C)c1cc(-n2nc3ccc(S(=O)(=O)c4ccc5nn(-c6cc(C(C)(C)CCCCC)cc(C(C)(C)c7ccccc7)c6O)nc5c4)cc3n2)c(O)c(C(C)(C)c2ccccc2)c1. The molecule has 0 atom stereocenters. The molecule has 0 amide bonds. The van der Waals surface area contributed by atoms with Crippen LogP contribution < -0.4 is 0 Å². The number of aromatic hydroxyl groups is 2. The average molecular weight is 945 g/mol. The van der Waals surface area contributed by atoms with Gasteiger partial charge in [0.1, 0.15) is 44.9 Å². The number of sulfone groups is 1. The predicted octanol–water partition coefficient (Wildman–Crippen LogP) is 13.8. The average Bonchev–Trinajstić information content (AvgIpc) is 3.96. The fourth-order valence-electron chi connectivity index (χ4n) is 9.70. The molecule has 0 saturated heterocycles. The number of hydrogen-bond acceptors (Lipinski definition) is 8. The number of fused-ring (bicyclic) bond motifs is 2. The van der Waals surface area contributed by atoms with Crippen LogP contribution in [0.1, 0.15) is 154 Å². The quantitative estimate of drug-likeness (QED) is 0.0812. The molecule has 2 N–H and O–H groups in total. The lowest BCUT2D eigenvalue weighted by Gasteiger charge is -2.32. The van der Waals surface area contributed by atoms with E-state index in [2.05, 4.69) is 106 Å². The number of benzene rings is 6. The highest BCUT2D eigenvalue weighted by molar-refractivity contribution is 7.91. The molecule has 0 bridgehead atoms. The number of nitrogens with zero attached hydrogens (tertiary/aromatic N) is 6. The van der Waals surface area contributed by atoms with Crippen LogP contribution in [0.5, 0.6) is 11.5 Å². The number of rotatable bonds is 18. The van der Waals surface area contributed by atoms with E-state index in [9.17, 15) is 18.6 Å². The molecule has 2 aromatic heterocycles. The van der Waals surface area contributed by atoms with Gasteiger partial charge >= 0.3 is 0 Å². The van der Waals surface area contributed by atoms with Crippen molar-refractivity contribution in [3.63, 3.8) is 0 Å². The summed E-state index contributed by atoms with van der Waals surface area (Å²) in [4.78, 5) is 2.94. The first-order valence-electron chi connectivity index (χ1n) is 24.6. The van der Waals surface area contributed by atoms with Gasteiger partial charge in [0.05, 0.1) is 9.79 Å². The van der Waals surface area contributed by atoms with E-state index in [1.807, 2.05) is 48.5 Å². The third-order valence-corrected chi connectivity index (χ3v) is 16.4. The minimum Gasteiger partial charge on any atom is -0.505 e. The third-order valence-electron chi connectivity index (χ3n) is 14.6. The lowest BCUT2D eigenvalue weighted by molar-refractivity contribution is 0.432. The van der Waals surface area contributed by atoms with Crippen LogP contribution in [-0.2, 0) is 31.5 Å². The first kappa shape index (κ1) is 49.1. The van der Waals surface area contributed by atoms with Gasteiger partial charge in [0.15, 0.2) is 0 Å². The van der Waals surface area contributed by atoms with Crippen molar-refractivity contribution in [1.82, 2.24) is 30.0 Å². The largest absolute Gasteiger partial charge is 0.505 e. The number of phenolic OH excluding ortho intramolecular Hbond substituents is 2. The molecule has 2 heterocycles. The summed E-state index contributed by atoms with van der Waals surface area (Å²) in [5, 5.41) is 43.5. The van der Waals surface area contributed by atoms with Crippen molar-refractivity contribution < 1.29 is 18.6 Å². The summed E-state index contributed by atoms with van der Waals surface area (Å²) >= 11 is 0. The molecular formula is C58H68N6O4S. The van der Waals surface area contributed by atoms with E-state index in [-0.39, 0.29) is 32.1 Å². The Balaban J connectivity index is 1.17. The van der Waals surface area contributed by atoms with Crippen LogP contribution in [-0.4, -0.2) is 48.6 Å². The van der Waals surface area contributed by atoms with Crippen LogP contribution >= 0.6 is 0 Å². The van der Waals surface area contributed by atoms with Crippen LogP contribution in [0.4, 0.5) is 0 Å². The molecule has 0 unspecified atom stereocenters. The number of hydrogen-bond donors (Lipinski definition) is 2. The molecule has 8 rings (SSSR count). The van der Waals surface area contributed by atoms with Crippen molar-refractivity contribution in [2.24, 2.45) is 0 Å². The lowest BCUT2D eigenvalue weighted by atomic mass is 9.73. The highest BCUT2D eigenvalue weighted by Crippen LogP contribution is 2.45. The molecule has 11 heteroatoms. The monoisotopic (exact) mass is 945 g/mol. The van der Waals surface area contributed by atoms with E-state index in [1.165, 1.54) is 33.9 Å². The van der Waals surface area contributed by atoms with E-state index < -0.39 is 20.7 Å². The lowest BCUT2D eigenvalue weighted by Crippen LogP contribution is -2.23. The predicted molar refractivity (Wildman–Crippen MR) is 278 cm³/mol. The molecule has 8 aromatic rings. The number of unbranched alkanes of at least 4 members (excludes halogenated alkanes) is 4. The van der Waals surface area contributed by atoms with Crippen LogP contribution in [0.15, 0.2) is 131 Å². The zero-order valence-corrected chi connectivity index (χ0v) is 42.8. The van der Waals surface area contributed by atoms with Gasteiger partial charge in [-0.05, 0) is 94.5 Å². The summed E-state index contributed by atoms with van der Waals surface area (Å²) in [5.41, 5.74) is 6.75. The Labute approximate surface area is 408 Å². The van der Waals surface area contributed by atoms with Gasteiger partial charge in [-0.15, -0.1) is 30.0 Å². The van der Waals surface area contributed by atoms with Gasteiger partial charge in [-0.2, -0.15) is 0 Å². The minimum atomic E-state index is -4.09. The van der Waals surface area contributed by atoms with E-state index in [0.717, 1.165) is 84.7 Å². The Kier molecular flexibility index (Phi) is 13.4. The minimum absolute atomic E-state index is 0.0400. The molecule has 0 aliphatic heterocycles. The second kappa shape index (κ2) is 18.9. The fraction of sp³-hybridized carbons (Fsp3) is 0.379. The normalized spacial score (nSPS) is 12.9. The maximum absolute atomic E-state index is 14.5. The Hall–Kier alpha value is -6.33. The topological polar surface area (TPSA) is 136 Å². The van der Waals surface area contributed by atoms with E-state index in [0.29, 0.717) is 33.4 Å². The second-order valence-electron chi connectivity index (χ2n) is 21.2. The van der Waals surface area contributed by atoms with E-state index >= 15 is 0 Å². The van der Waals surface area contributed by atoms with Crippen molar-refractivity contribution in [1.29, 1.82) is 0 Å². The third kappa shape index (κ3) is 9.55. The smallest absolute Gasteiger partial charge is 0.206 e. The van der Waals surface area contributed by atoms with Crippen molar-refractivity contribution in [2.75, 3.05) is 0 Å². The zero-order valence-electron chi connectivity index (χ0n) is 42.0. The summed E-state index contributed by atoms with van der Waals surface area (Å²) in [6.07, 6.45) is 8.59. The van der Waals surface area contributed by atoms with Gasteiger partial charge in [0.2, 0.25) is 9.84 Å².